The summed E-state index contributed by atoms with van der Waals surface area (Å²) in [5.74, 6) is 0.160. The Morgan fingerprint density at radius 3 is 2.15 bits per heavy atom. The highest BCUT2D eigenvalue weighted by molar-refractivity contribution is 7.92. The van der Waals surface area contributed by atoms with E-state index in [1.54, 1.807) is 12.1 Å². The largest absolute Gasteiger partial charge is 0.223 e. The standard InChI is InChI=1S/C16H16O2S.H2S/c1-12-7-9-14(10-8-12)19(17,18)16-11-15(16)13-5-3-2-4-6-13;/h2-10,15-16H,11H2,1H3;1H2/t15-,16?;/m0./s1. The molecule has 2 nitrogen and oxygen atoms in total. The van der Waals surface area contributed by atoms with Crippen LogP contribution in [0.25, 0.3) is 0 Å². The minimum atomic E-state index is -3.18. The van der Waals surface area contributed by atoms with Crippen LogP contribution in [0.3, 0.4) is 0 Å². The topological polar surface area (TPSA) is 34.1 Å². The zero-order valence-corrected chi connectivity index (χ0v) is 13.1. The molecule has 106 valence electrons. The molecule has 20 heavy (non-hydrogen) atoms. The fraction of sp³-hybridized carbons (Fsp3) is 0.250. The van der Waals surface area contributed by atoms with Crippen molar-refractivity contribution in [1.29, 1.82) is 0 Å². The van der Waals surface area contributed by atoms with Crippen molar-refractivity contribution in [2.75, 3.05) is 0 Å². The van der Waals surface area contributed by atoms with Crippen LogP contribution in [0.15, 0.2) is 59.5 Å². The smallest absolute Gasteiger partial charge is 0.181 e. The van der Waals surface area contributed by atoms with Gasteiger partial charge in [-0.1, -0.05) is 48.0 Å². The molecule has 0 aromatic heterocycles. The fourth-order valence-electron chi connectivity index (χ4n) is 2.47. The summed E-state index contributed by atoms with van der Waals surface area (Å²) in [4.78, 5) is 0.446. The van der Waals surface area contributed by atoms with E-state index in [9.17, 15) is 8.42 Å². The van der Waals surface area contributed by atoms with Crippen molar-refractivity contribution in [3.63, 3.8) is 0 Å². The first-order chi connectivity index (χ1) is 9.09. The summed E-state index contributed by atoms with van der Waals surface area (Å²) in [5.41, 5.74) is 2.21. The van der Waals surface area contributed by atoms with Gasteiger partial charge in [0.1, 0.15) is 0 Å². The van der Waals surface area contributed by atoms with Crippen molar-refractivity contribution in [3.05, 3.63) is 65.7 Å². The first kappa shape index (κ1) is 15.1. The third kappa shape index (κ3) is 2.76. The van der Waals surface area contributed by atoms with Crippen molar-refractivity contribution in [2.45, 2.75) is 29.4 Å². The SMILES string of the molecule is Cc1ccc(S(=O)(=O)C2C[C@H]2c2ccccc2)cc1.S. The molecule has 2 atom stereocenters. The lowest BCUT2D eigenvalue weighted by molar-refractivity contribution is 0.594. The lowest BCUT2D eigenvalue weighted by Gasteiger charge is -2.04. The molecule has 1 fully saturated rings. The van der Waals surface area contributed by atoms with Gasteiger partial charge >= 0.3 is 0 Å². The third-order valence-corrected chi connectivity index (χ3v) is 5.96. The van der Waals surface area contributed by atoms with Gasteiger partial charge in [0.05, 0.1) is 10.1 Å². The highest BCUT2D eigenvalue weighted by Gasteiger charge is 2.48. The van der Waals surface area contributed by atoms with E-state index in [0.717, 1.165) is 17.5 Å². The Labute approximate surface area is 127 Å². The van der Waals surface area contributed by atoms with E-state index in [-0.39, 0.29) is 24.7 Å². The number of rotatable bonds is 3. The maximum Gasteiger partial charge on any atom is 0.181 e. The Morgan fingerprint density at radius 2 is 1.55 bits per heavy atom. The molecule has 1 unspecified atom stereocenters. The van der Waals surface area contributed by atoms with E-state index in [1.807, 2.05) is 49.4 Å². The van der Waals surface area contributed by atoms with Crippen LogP contribution >= 0.6 is 13.5 Å². The van der Waals surface area contributed by atoms with Gasteiger partial charge in [-0.05, 0) is 31.0 Å². The summed E-state index contributed by atoms with van der Waals surface area (Å²) in [5, 5.41) is -0.252. The molecule has 2 aromatic rings. The first-order valence-electron chi connectivity index (χ1n) is 6.44. The molecule has 0 spiro atoms. The van der Waals surface area contributed by atoms with Gasteiger partial charge in [0.2, 0.25) is 0 Å². The molecule has 2 aromatic carbocycles. The quantitative estimate of drug-likeness (QED) is 0.870. The number of aryl methyl sites for hydroxylation is 1. The van der Waals surface area contributed by atoms with E-state index < -0.39 is 9.84 Å². The van der Waals surface area contributed by atoms with Crippen LogP contribution < -0.4 is 0 Å². The van der Waals surface area contributed by atoms with Crippen LogP contribution in [-0.4, -0.2) is 13.7 Å². The molecule has 0 heterocycles. The highest BCUT2D eigenvalue weighted by atomic mass is 32.2. The first-order valence-corrected chi connectivity index (χ1v) is 7.99. The van der Waals surface area contributed by atoms with E-state index >= 15 is 0 Å². The summed E-state index contributed by atoms with van der Waals surface area (Å²) < 4.78 is 25.0. The molecule has 0 amide bonds. The Kier molecular flexibility index (Phi) is 4.25. The normalized spacial score (nSPS) is 21.1. The Balaban J connectivity index is 0.00000147. The van der Waals surface area contributed by atoms with Crippen LogP contribution in [0.4, 0.5) is 0 Å². The molecule has 1 saturated carbocycles. The number of hydrogen-bond acceptors (Lipinski definition) is 2. The predicted molar refractivity (Wildman–Crippen MR) is 86.3 cm³/mol. The summed E-state index contributed by atoms with van der Waals surface area (Å²) in [6.07, 6.45) is 0.736. The fourth-order valence-corrected chi connectivity index (χ4v) is 4.38. The highest BCUT2D eigenvalue weighted by Crippen LogP contribution is 2.47. The predicted octanol–water partition coefficient (Wildman–Crippen LogP) is 3.44. The maximum absolute atomic E-state index is 12.5. The van der Waals surface area contributed by atoms with Gasteiger partial charge in [0.25, 0.3) is 0 Å². The van der Waals surface area contributed by atoms with Crippen LogP contribution in [0.1, 0.15) is 23.5 Å². The average Bonchev–Trinajstić information content (AvgIpc) is 3.21. The van der Waals surface area contributed by atoms with Gasteiger partial charge in [0, 0.05) is 5.92 Å². The molecule has 0 N–H and O–H groups in total. The Hall–Kier alpha value is -1.26. The lowest BCUT2D eigenvalue weighted by atomic mass is 10.1. The number of hydrogen-bond donors (Lipinski definition) is 0. The molecule has 3 rings (SSSR count). The Bertz CT molecular complexity index is 676. The maximum atomic E-state index is 12.5. The zero-order valence-electron chi connectivity index (χ0n) is 11.3. The molecular formula is C16H18O2S2. The number of benzene rings is 2. The lowest BCUT2D eigenvalue weighted by Crippen LogP contribution is -2.09. The molecular weight excluding hydrogens is 288 g/mol. The van der Waals surface area contributed by atoms with Gasteiger partial charge in [-0.25, -0.2) is 8.42 Å². The second-order valence-electron chi connectivity index (χ2n) is 5.15. The van der Waals surface area contributed by atoms with Crippen molar-refractivity contribution < 1.29 is 8.42 Å². The molecule has 1 aliphatic rings. The van der Waals surface area contributed by atoms with Gasteiger partial charge in [-0.15, -0.1) is 0 Å². The van der Waals surface area contributed by atoms with Crippen molar-refractivity contribution in [2.24, 2.45) is 0 Å². The summed E-state index contributed by atoms with van der Waals surface area (Å²) in [6, 6.07) is 17.0. The van der Waals surface area contributed by atoms with Crippen LogP contribution in [-0.2, 0) is 9.84 Å². The second kappa shape index (κ2) is 5.62. The van der Waals surface area contributed by atoms with Crippen molar-refractivity contribution in [3.8, 4) is 0 Å². The average molecular weight is 306 g/mol. The van der Waals surface area contributed by atoms with Gasteiger partial charge < -0.3 is 0 Å². The van der Waals surface area contributed by atoms with E-state index in [1.165, 1.54) is 0 Å². The van der Waals surface area contributed by atoms with Gasteiger partial charge in [-0.2, -0.15) is 13.5 Å². The van der Waals surface area contributed by atoms with E-state index in [2.05, 4.69) is 0 Å². The second-order valence-corrected chi connectivity index (χ2v) is 7.32. The van der Waals surface area contributed by atoms with E-state index in [4.69, 9.17) is 0 Å². The van der Waals surface area contributed by atoms with Crippen molar-refractivity contribution >= 4 is 23.3 Å². The van der Waals surface area contributed by atoms with Crippen LogP contribution in [0.5, 0.6) is 0 Å². The van der Waals surface area contributed by atoms with Gasteiger partial charge in [0.15, 0.2) is 9.84 Å². The van der Waals surface area contributed by atoms with E-state index in [0.29, 0.717) is 4.90 Å². The minimum Gasteiger partial charge on any atom is -0.223 e. The zero-order chi connectivity index (χ0) is 13.5. The molecule has 4 heteroatoms. The summed E-state index contributed by atoms with van der Waals surface area (Å²) in [7, 11) is -3.18. The molecule has 1 aliphatic carbocycles. The monoisotopic (exact) mass is 306 g/mol. The van der Waals surface area contributed by atoms with Gasteiger partial charge in [-0.3, -0.25) is 0 Å². The van der Waals surface area contributed by atoms with Crippen molar-refractivity contribution in [1.82, 2.24) is 0 Å². The minimum absolute atomic E-state index is 0. The molecule has 0 aliphatic heterocycles. The summed E-state index contributed by atoms with van der Waals surface area (Å²) >= 11 is 0. The van der Waals surface area contributed by atoms with Crippen LogP contribution in [0.2, 0.25) is 0 Å². The summed E-state index contributed by atoms with van der Waals surface area (Å²) in [6.45, 7) is 1.96. The Morgan fingerprint density at radius 1 is 0.950 bits per heavy atom. The molecule has 0 radical (unpaired) electrons. The molecule has 0 bridgehead atoms. The third-order valence-electron chi connectivity index (χ3n) is 3.71. The number of sulfone groups is 1. The van der Waals surface area contributed by atoms with Crippen LogP contribution in [0, 0.1) is 6.92 Å². The molecule has 0 saturated heterocycles.